The molecule has 1 aliphatic rings. The zero-order valence-electron chi connectivity index (χ0n) is 17.7. The molecule has 1 fully saturated rings. The number of alkyl halides is 3. The fraction of sp³-hybridized carbons (Fsp3) is 0.130. The van der Waals surface area contributed by atoms with Crippen LogP contribution in [0.1, 0.15) is 22.5 Å². The Bertz CT molecular complexity index is 1480. The number of imide groups is 1. The van der Waals surface area contributed by atoms with Gasteiger partial charge in [-0.1, -0.05) is 23.7 Å². The van der Waals surface area contributed by atoms with E-state index in [0.29, 0.717) is 34.1 Å². The average Bonchev–Trinajstić information content (AvgIpc) is 3.55. The maximum atomic E-state index is 13.8. The van der Waals surface area contributed by atoms with Crippen LogP contribution in [-0.4, -0.2) is 36.2 Å². The van der Waals surface area contributed by atoms with Crippen LogP contribution in [0.15, 0.2) is 59.9 Å². The first-order valence-electron chi connectivity index (χ1n) is 10.2. The second kappa shape index (κ2) is 8.90. The minimum atomic E-state index is -4.65. The van der Waals surface area contributed by atoms with E-state index in [-0.39, 0.29) is 28.5 Å². The van der Waals surface area contributed by atoms with Gasteiger partial charge in [-0.2, -0.15) is 18.3 Å². The van der Waals surface area contributed by atoms with Crippen molar-refractivity contribution >= 4 is 51.0 Å². The third-order valence-corrected chi connectivity index (χ3v) is 6.77. The molecule has 0 bridgehead atoms. The van der Waals surface area contributed by atoms with Gasteiger partial charge < -0.3 is 4.98 Å². The summed E-state index contributed by atoms with van der Waals surface area (Å²) in [4.78, 5) is 34.0. The number of fused-ring (bicyclic) bond motifs is 1. The van der Waals surface area contributed by atoms with Crippen LogP contribution in [0.25, 0.3) is 16.5 Å². The van der Waals surface area contributed by atoms with Crippen LogP contribution in [0.5, 0.6) is 0 Å². The molecular weight excluding hydrogens is 503 g/mol. The van der Waals surface area contributed by atoms with Gasteiger partial charge in [0.25, 0.3) is 11.1 Å². The van der Waals surface area contributed by atoms with Crippen LogP contribution in [0, 0.1) is 0 Å². The molecule has 2 aromatic heterocycles. The Labute approximate surface area is 205 Å². The summed E-state index contributed by atoms with van der Waals surface area (Å²) in [6, 6.07) is 8.63. The number of benzene rings is 2. The molecule has 0 unspecified atom stereocenters. The number of allylic oxidation sites excluding steroid dienone is 1. The van der Waals surface area contributed by atoms with Crippen molar-refractivity contribution in [3.8, 4) is 0 Å². The molecular formula is C23H15ClF3N5O2S. The maximum absolute atomic E-state index is 13.8. The Morgan fingerprint density at radius 1 is 1.14 bits per heavy atom. The van der Waals surface area contributed by atoms with Gasteiger partial charge in [0.05, 0.1) is 28.7 Å². The molecule has 2 aromatic carbocycles. The molecule has 0 saturated carbocycles. The van der Waals surface area contributed by atoms with Crippen molar-refractivity contribution in [1.29, 1.82) is 0 Å². The Balaban J connectivity index is 1.63. The van der Waals surface area contributed by atoms with Crippen molar-refractivity contribution in [2.24, 2.45) is 0 Å². The third kappa shape index (κ3) is 4.56. The van der Waals surface area contributed by atoms with Gasteiger partial charge in [0.2, 0.25) is 0 Å². The number of H-pyrrole nitrogens is 2. The van der Waals surface area contributed by atoms with Gasteiger partial charge in [0.1, 0.15) is 5.82 Å². The molecule has 4 aromatic rings. The van der Waals surface area contributed by atoms with Crippen LogP contribution in [0.3, 0.4) is 0 Å². The molecule has 0 radical (unpaired) electrons. The molecule has 0 spiro atoms. The average molecular weight is 518 g/mol. The molecule has 35 heavy (non-hydrogen) atoms. The molecule has 1 aliphatic heterocycles. The highest BCUT2D eigenvalue weighted by Crippen LogP contribution is 2.41. The number of hydrogen-bond acceptors (Lipinski definition) is 5. The lowest BCUT2D eigenvalue weighted by Crippen LogP contribution is -2.28. The highest BCUT2D eigenvalue weighted by atomic mass is 35.5. The smallest absolute Gasteiger partial charge is 0.347 e. The Morgan fingerprint density at radius 3 is 2.71 bits per heavy atom. The number of amides is 2. The van der Waals surface area contributed by atoms with Crippen molar-refractivity contribution in [2.75, 3.05) is 0 Å². The molecule has 7 nitrogen and oxygen atoms in total. The summed E-state index contributed by atoms with van der Waals surface area (Å²) < 4.78 is 41.4. The van der Waals surface area contributed by atoms with Crippen LogP contribution < -0.4 is 0 Å². The first-order valence-corrected chi connectivity index (χ1v) is 11.4. The normalized spacial score (nSPS) is 15.9. The number of rotatable bonds is 5. The maximum Gasteiger partial charge on any atom is 0.416 e. The SMILES string of the molecule is O=C1S/C(=C(/Cc2ccc(Cl)cc2C(F)(F)F)c2ccc3[nH]ncc3c2)C(=O)N1Cc1ncc[nH]1. The number of nitrogens with zero attached hydrogens (tertiary/aromatic N) is 3. The number of nitrogens with one attached hydrogen (secondary N) is 2. The number of aromatic nitrogens is 4. The Morgan fingerprint density at radius 2 is 1.97 bits per heavy atom. The summed E-state index contributed by atoms with van der Waals surface area (Å²) in [5, 5.41) is 6.91. The quantitative estimate of drug-likeness (QED) is 0.326. The summed E-state index contributed by atoms with van der Waals surface area (Å²) in [5.74, 6) is -0.187. The molecule has 178 valence electrons. The van der Waals surface area contributed by atoms with E-state index in [0.717, 1.165) is 16.5 Å². The van der Waals surface area contributed by atoms with Crippen LogP contribution in [-0.2, 0) is 23.9 Å². The number of imidazole rings is 1. The molecule has 12 heteroatoms. The van der Waals surface area contributed by atoms with Gasteiger partial charge >= 0.3 is 6.18 Å². The Kier molecular flexibility index (Phi) is 5.89. The summed E-state index contributed by atoms with van der Waals surface area (Å²) in [6.07, 6.45) is -0.267. The second-order valence-corrected chi connectivity index (χ2v) is 9.15. The van der Waals surface area contributed by atoms with Crippen molar-refractivity contribution < 1.29 is 22.8 Å². The summed E-state index contributed by atoms with van der Waals surface area (Å²) in [6.45, 7) is -0.0794. The van der Waals surface area contributed by atoms with Crippen molar-refractivity contribution in [3.05, 3.63) is 87.4 Å². The van der Waals surface area contributed by atoms with Crippen LogP contribution in [0.2, 0.25) is 5.02 Å². The monoisotopic (exact) mass is 517 g/mol. The van der Waals surface area contributed by atoms with E-state index in [9.17, 15) is 22.8 Å². The molecule has 1 saturated heterocycles. The number of halogens is 4. The van der Waals surface area contributed by atoms with Crippen molar-refractivity contribution in [1.82, 2.24) is 25.1 Å². The van der Waals surface area contributed by atoms with E-state index in [2.05, 4.69) is 20.2 Å². The van der Waals surface area contributed by atoms with Crippen LogP contribution in [0.4, 0.5) is 18.0 Å². The van der Waals surface area contributed by atoms with E-state index < -0.39 is 22.9 Å². The van der Waals surface area contributed by atoms with E-state index >= 15 is 0 Å². The second-order valence-electron chi connectivity index (χ2n) is 7.75. The lowest BCUT2D eigenvalue weighted by atomic mass is 9.93. The standard InChI is InChI=1S/C23H15ClF3N5O2S/c24-15-3-1-13(17(9-15)23(25,26)27)8-16(12-2-4-18-14(7-12)10-30-31-18)20-21(33)32(22(34)35-20)11-19-28-5-6-29-19/h1-7,9-10H,8,11H2,(H,28,29)(H,30,31)/b20-16-. The molecule has 5 rings (SSSR count). The molecule has 0 aliphatic carbocycles. The first kappa shape index (κ1) is 23.2. The van der Waals surface area contributed by atoms with E-state index in [4.69, 9.17) is 11.6 Å². The summed E-state index contributed by atoms with van der Waals surface area (Å²) >= 11 is 6.54. The number of carbonyl (C=O) groups is 2. The minimum Gasteiger partial charge on any atom is -0.347 e. The Hall–Kier alpha value is -3.57. The summed E-state index contributed by atoms with van der Waals surface area (Å²) in [7, 11) is 0. The minimum absolute atomic E-state index is 0.0544. The highest BCUT2D eigenvalue weighted by Gasteiger charge is 2.39. The number of thioether (sulfide) groups is 1. The number of hydrogen-bond donors (Lipinski definition) is 2. The predicted molar refractivity (Wildman–Crippen MR) is 125 cm³/mol. The van der Waals surface area contributed by atoms with Gasteiger partial charge in [-0.05, 0) is 59.1 Å². The first-order chi connectivity index (χ1) is 16.7. The number of carbonyl (C=O) groups excluding carboxylic acids is 2. The van der Waals surface area contributed by atoms with E-state index in [1.165, 1.54) is 18.3 Å². The fourth-order valence-electron chi connectivity index (χ4n) is 3.85. The van der Waals surface area contributed by atoms with Gasteiger partial charge in [-0.15, -0.1) is 0 Å². The largest absolute Gasteiger partial charge is 0.416 e. The van der Waals surface area contributed by atoms with Gasteiger partial charge in [0.15, 0.2) is 0 Å². The molecule has 2 N–H and O–H groups in total. The van der Waals surface area contributed by atoms with Gasteiger partial charge in [0, 0.05) is 22.8 Å². The van der Waals surface area contributed by atoms with Gasteiger partial charge in [-0.3, -0.25) is 19.6 Å². The topological polar surface area (TPSA) is 94.7 Å². The van der Waals surface area contributed by atoms with E-state index in [1.54, 1.807) is 30.6 Å². The number of aromatic amines is 2. The molecule has 0 atom stereocenters. The summed E-state index contributed by atoms with van der Waals surface area (Å²) in [5.41, 5.74) is 0.557. The molecule has 2 amide bonds. The van der Waals surface area contributed by atoms with Gasteiger partial charge in [-0.25, -0.2) is 4.98 Å². The fourth-order valence-corrected chi connectivity index (χ4v) is 4.97. The van der Waals surface area contributed by atoms with Crippen LogP contribution >= 0.6 is 23.4 Å². The molecule has 3 heterocycles. The highest BCUT2D eigenvalue weighted by molar-refractivity contribution is 8.18. The van der Waals surface area contributed by atoms with E-state index in [1.807, 2.05) is 0 Å². The lowest BCUT2D eigenvalue weighted by molar-refractivity contribution is -0.138. The zero-order chi connectivity index (χ0) is 24.7. The zero-order valence-corrected chi connectivity index (χ0v) is 19.3. The van der Waals surface area contributed by atoms with Crippen molar-refractivity contribution in [3.63, 3.8) is 0 Å². The van der Waals surface area contributed by atoms with Crippen molar-refractivity contribution in [2.45, 2.75) is 19.1 Å². The lowest BCUT2D eigenvalue weighted by Gasteiger charge is -2.17. The predicted octanol–water partition coefficient (Wildman–Crippen LogP) is 5.81. The third-order valence-electron chi connectivity index (χ3n) is 5.52.